The third-order valence-corrected chi connectivity index (χ3v) is 3.38. The Morgan fingerprint density at radius 3 is 2.94 bits per heavy atom. The fourth-order valence-corrected chi connectivity index (χ4v) is 2.18. The van der Waals surface area contributed by atoms with E-state index in [0.717, 1.165) is 13.0 Å². The Hall–Kier alpha value is -1.42. The van der Waals surface area contributed by atoms with Crippen LogP contribution in [0.1, 0.15) is 23.7 Å². The number of hydrogen-bond acceptors (Lipinski definition) is 3. The molecule has 0 bridgehead atoms. The van der Waals surface area contributed by atoms with Gasteiger partial charge in [-0.15, -0.1) is 0 Å². The van der Waals surface area contributed by atoms with E-state index in [1.807, 2.05) is 11.8 Å². The highest BCUT2D eigenvalue weighted by Gasteiger charge is 2.25. The molecule has 3 nitrogen and oxygen atoms in total. The lowest BCUT2D eigenvalue weighted by Gasteiger charge is -2.36. The monoisotopic (exact) mass is 237 g/mol. The molecular formula is C13H16FNO2. The second-order valence-corrected chi connectivity index (χ2v) is 4.60. The normalized spacial score (nSPS) is 24.8. The third-order valence-electron chi connectivity index (χ3n) is 3.38. The van der Waals surface area contributed by atoms with Crippen LogP contribution in [0.3, 0.4) is 0 Å². The number of benzene rings is 1. The van der Waals surface area contributed by atoms with Gasteiger partial charge in [0.25, 0.3) is 0 Å². The van der Waals surface area contributed by atoms with Crippen LogP contribution in [0.2, 0.25) is 0 Å². The van der Waals surface area contributed by atoms with E-state index in [1.54, 1.807) is 6.07 Å². The van der Waals surface area contributed by atoms with Gasteiger partial charge in [0, 0.05) is 24.3 Å². The number of aliphatic hydroxyl groups excluding tert-OH is 1. The van der Waals surface area contributed by atoms with Gasteiger partial charge in [0.15, 0.2) is 6.29 Å². The van der Waals surface area contributed by atoms with E-state index < -0.39 is 11.9 Å². The first kappa shape index (κ1) is 12.0. The minimum absolute atomic E-state index is 0.270. The van der Waals surface area contributed by atoms with E-state index in [9.17, 15) is 14.3 Å². The van der Waals surface area contributed by atoms with Gasteiger partial charge in [-0.2, -0.15) is 0 Å². The van der Waals surface area contributed by atoms with Gasteiger partial charge >= 0.3 is 0 Å². The van der Waals surface area contributed by atoms with Crippen LogP contribution in [-0.2, 0) is 0 Å². The van der Waals surface area contributed by atoms with Crippen molar-refractivity contribution >= 4 is 12.0 Å². The number of halogens is 1. The highest BCUT2D eigenvalue weighted by Crippen LogP contribution is 2.26. The molecule has 1 aromatic carbocycles. The number of piperidine rings is 1. The summed E-state index contributed by atoms with van der Waals surface area (Å²) in [7, 11) is 0. The highest BCUT2D eigenvalue weighted by atomic mass is 19.1. The highest BCUT2D eigenvalue weighted by molar-refractivity contribution is 5.84. The maximum Gasteiger partial charge on any atom is 0.152 e. The maximum absolute atomic E-state index is 13.0. The van der Waals surface area contributed by atoms with Gasteiger partial charge in [0.2, 0.25) is 0 Å². The summed E-state index contributed by atoms with van der Waals surface area (Å²) < 4.78 is 13.0. The molecule has 0 aliphatic carbocycles. The summed E-state index contributed by atoms with van der Waals surface area (Å²) in [6.07, 6.45) is 1.13. The predicted octanol–water partition coefficient (Wildman–Crippen LogP) is 1.85. The average Bonchev–Trinajstić information content (AvgIpc) is 2.32. The minimum Gasteiger partial charge on any atom is -0.391 e. The number of aldehydes is 1. The van der Waals surface area contributed by atoms with E-state index in [1.165, 1.54) is 12.1 Å². The molecule has 17 heavy (non-hydrogen) atoms. The molecule has 1 aliphatic heterocycles. The summed E-state index contributed by atoms with van der Waals surface area (Å²) in [6.45, 7) is 3.28. The molecule has 1 fully saturated rings. The number of carbonyl (C=O) groups excluding carboxylic acids is 1. The lowest BCUT2D eigenvalue weighted by atomic mass is 9.95. The number of β-amino-alcohol motifs (C(OH)–C–C–N with tert-alkyl or cyclic N) is 1. The predicted molar refractivity (Wildman–Crippen MR) is 63.8 cm³/mol. The summed E-state index contributed by atoms with van der Waals surface area (Å²) >= 11 is 0. The van der Waals surface area contributed by atoms with Crippen molar-refractivity contribution in [3.63, 3.8) is 0 Å². The van der Waals surface area contributed by atoms with Crippen LogP contribution < -0.4 is 4.90 Å². The molecule has 1 aromatic rings. The lowest BCUT2D eigenvalue weighted by Crippen LogP contribution is -2.43. The zero-order valence-electron chi connectivity index (χ0n) is 9.77. The van der Waals surface area contributed by atoms with E-state index >= 15 is 0 Å². The van der Waals surface area contributed by atoms with Crippen molar-refractivity contribution in [3.8, 4) is 0 Å². The lowest BCUT2D eigenvalue weighted by molar-refractivity contribution is 0.102. The fourth-order valence-electron chi connectivity index (χ4n) is 2.18. The molecule has 4 heteroatoms. The number of aliphatic hydroxyl groups is 1. The number of anilines is 1. The second-order valence-electron chi connectivity index (χ2n) is 4.60. The van der Waals surface area contributed by atoms with Crippen molar-refractivity contribution in [3.05, 3.63) is 29.6 Å². The summed E-state index contributed by atoms with van der Waals surface area (Å²) in [4.78, 5) is 12.9. The Bertz CT molecular complexity index is 422. The Morgan fingerprint density at radius 1 is 1.53 bits per heavy atom. The fraction of sp³-hybridized carbons (Fsp3) is 0.462. The Labute approximate surface area is 99.9 Å². The van der Waals surface area contributed by atoms with Gasteiger partial charge < -0.3 is 10.0 Å². The van der Waals surface area contributed by atoms with Crippen LogP contribution in [0.5, 0.6) is 0 Å². The molecule has 1 saturated heterocycles. The van der Waals surface area contributed by atoms with Crippen molar-refractivity contribution in [2.45, 2.75) is 19.4 Å². The molecule has 1 heterocycles. The van der Waals surface area contributed by atoms with Gasteiger partial charge in [0.05, 0.1) is 6.10 Å². The smallest absolute Gasteiger partial charge is 0.152 e. The first-order valence-electron chi connectivity index (χ1n) is 5.79. The van der Waals surface area contributed by atoms with Crippen LogP contribution in [0, 0.1) is 11.7 Å². The van der Waals surface area contributed by atoms with Crippen molar-refractivity contribution < 1.29 is 14.3 Å². The Kier molecular flexibility index (Phi) is 3.43. The zero-order chi connectivity index (χ0) is 12.4. The van der Waals surface area contributed by atoms with Crippen molar-refractivity contribution in [1.82, 2.24) is 0 Å². The van der Waals surface area contributed by atoms with Crippen molar-refractivity contribution in [1.29, 1.82) is 0 Å². The van der Waals surface area contributed by atoms with E-state index in [4.69, 9.17) is 0 Å². The van der Waals surface area contributed by atoms with E-state index in [2.05, 4.69) is 0 Å². The molecule has 0 radical (unpaired) electrons. The molecule has 1 aliphatic rings. The molecule has 0 amide bonds. The van der Waals surface area contributed by atoms with Gasteiger partial charge in [-0.3, -0.25) is 4.79 Å². The maximum atomic E-state index is 13.0. The topological polar surface area (TPSA) is 40.5 Å². The van der Waals surface area contributed by atoms with Gasteiger partial charge in [0.1, 0.15) is 5.82 Å². The second kappa shape index (κ2) is 4.84. The third kappa shape index (κ3) is 2.47. The van der Waals surface area contributed by atoms with Crippen LogP contribution in [0.25, 0.3) is 0 Å². The summed E-state index contributed by atoms with van der Waals surface area (Å²) in [6, 6.07) is 4.17. The van der Waals surface area contributed by atoms with E-state index in [0.29, 0.717) is 24.1 Å². The molecule has 0 spiro atoms. The molecular weight excluding hydrogens is 221 g/mol. The largest absolute Gasteiger partial charge is 0.391 e. The number of nitrogens with zero attached hydrogens (tertiary/aromatic N) is 1. The van der Waals surface area contributed by atoms with Gasteiger partial charge in [-0.05, 0) is 30.5 Å². The van der Waals surface area contributed by atoms with Crippen LogP contribution >= 0.6 is 0 Å². The van der Waals surface area contributed by atoms with Crippen molar-refractivity contribution in [2.75, 3.05) is 18.0 Å². The molecule has 1 N–H and O–H groups in total. The first-order valence-corrected chi connectivity index (χ1v) is 5.79. The number of carbonyl (C=O) groups is 1. The minimum atomic E-state index is -0.415. The Balaban J connectivity index is 2.25. The van der Waals surface area contributed by atoms with Crippen molar-refractivity contribution in [2.24, 2.45) is 5.92 Å². The standard InChI is InChI=1S/C13H16FNO2/c1-9-4-5-15(7-13(9)17)12-3-2-11(14)6-10(12)8-16/h2-3,6,8-9,13,17H,4-5,7H2,1H3. The quantitative estimate of drug-likeness (QED) is 0.798. The van der Waals surface area contributed by atoms with Crippen LogP contribution in [-0.4, -0.2) is 30.6 Å². The Morgan fingerprint density at radius 2 is 2.29 bits per heavy atom. The number of hydrogen-bond donors (Lipinski definition) is 1. The van der Waals surface area contributed by atoms with Gasteiger partial charge in [-0.1, -0.05) is 6.92 Å². The molecule has 0 saturated carbocycles. The molecule has 92 valence electrons. The molecule has 2 atom stereocenters. The SMILES string of the molecule is CC1CCN(c2ccc(F)cc2C=O)CC1O. The zero-order valence-corrected chi connectivity index (χ0v) is 9.77. The first-order chi connectivity index (χ1) is 8.11. The molecule has 2 rings (SSSR count). The number of rotatable bonds is 2. The van der Waals surface area contributed by atoms with Crippen LogP contribution in [0.15, 0.2) is 18.2 Å². The summed E-state index contributed by atoms with van der Waals surface area (Å²) in [5.41, 5.74) is 1.04. The molecule has 0 aromatic heterocycles. The van der Waals surface area contributed by atoms with E-state index in [-0.39, 0.29) is 5.92 Å². The van der Waals surface area contributed by atoms with Gasteiger partial charge in [-0.25, -0.2) is 4.39 Å². The average molecular weight is 237 g/mol. The molecule has 2 unspecified atom stereocenters. The summed E-state index contributed by atoms with van der Waals surface area (Å²) in [5, 5.41) is 9.82. The van der Waals surface area contributed by atoms with Crippen LogP contribution in [0.4, 0.5) is 10.1 Å². The summed E-state index contributed by atoms with van der Waals surface area (Å²) in [5.74, 6) is -0.145.